The second-order valence-corrected chi connectivity index (χ2v) is 10.2. The van der Waals surface area contributed by atoms with Crippen molar-refractivity contribution in [2.45, 2.75) is 77.8 Å². The zero-order valence-electron chi connectivity index (χ0n) is 18.9. The average molecular weight is 438 g/mol. The van der Waals surface area contributed by atoms with Crippen LogP contribution in [-0.2, 0) is 28.6 Å². The lowest BCUT2D eigenvalue weighted by Gasteiger charge is -2.43. The summed E-state index contributed by atoms with van der Waals surface area (Å²) in [6, 6.07) is 0. The van der Waals surface area contributed by atoms with Gasteiger partial charge in [0.1, 0.15) is 18.3 Å². The van der Waals surface area contributed by atoms with Gasteiger partial charge in [-0.1, -0.05) is 13.8 Å². The van der Waals surface area contributed by atoms with E-state index in [2.05, 4.69) is 4.90 Å². The molecule has 9 atom stereocenters. The molecule has 2 heterocycles. The van der Waals surface area contributed by atoms with Gasteiger partial charge in [-0.25, -0.2) is 0 Å². The molecule has 2 aliphatic heterocycles. The largest absolute Gasteiger partial charge is 0.462 e. The smallest absolute Gasteiger partial charge is 0.311 e. The van der Waals surface area contributed by atoms with E-state index < -0.39 is 35.6 Å². The average Bonchev–Trinajstić information content (AvgIpc) is 3.32. The number of esters is 3. The van der Waals surface area contributed by atoms with Crippen molar-refractivity contribution in [3.8, 4) is 0 Å². The van der Waals surface area contributed by atoms with Gasteiger partial charge in [0, 0.05) is 44.1 Å². The molecular formula is C23H35NO7. The first-order chi connectivity index (χ1) is 14.6. The number of carbonyl (C=O) groups excluding carboxylic acids is 3. The minimum Gasteiger partial charge on any atom is -0.462 e. The van der Waals surface area contributed by atoms with E-state index in [1.165, 1.54) is 13.8 Å². The molecule has 8 nitrogen and oxygen atoms in total. The number of ether oxygens (including phenoxy) is 3. The third-order valence-corrected chi connectivity index (χ3v) is 8.22. The summed E-state index contributed by atoms with van der Waals surface area (Å²) in [7, 11) is 0. The highest BCUT2D eigenvalue weighted by molar-refractivity contribution is 5.76. The van der Waals surface area contributed by atoms with Crippen LogP contribution in [0.5, 0.6) is 0 Å². The zero-order valence-corrected chi connectivity index (χ0v) is 18.9. The summed E-state index contributed by atoms with van der Waals surface area (Å²) < 4.78 is 17.2. The molecule has 4 rings (SSSR count). The van der Waals surface area contributed by atoms with Crippen molar-refractivity contribution >= 4 is 17.9 Å². The molecule has 0 aromatic heterocycles. The Kier molecular flexibility index (Phi) is 6.07. The van der Waals surface area contributed by atoms with Gasteiger partial charge < -0.3 is 24.2 Å². The van der Waals surface area contributed by atoms with Crippen LogP contribution in [0.4, 0.5) is 0 Å². The molecule has 2 aliphatic carbocycles. The van der Waals surface area contributed by atoms with Crippen LogP contribution in [-0.4, -0.2) is 72.0 Å². The Morgan fingerprint density at radius 2 is 1.81 bits per heavy atom. The highest BCUT2D eigenvalue weighted by atomic mass is 16.6. The van der Waals surface area contributed by atoms with E-state index in [4.69, 9.17) is 14.2 Å². The SMILES string of the molecule is CC(=O)O[C@H]1C[C@@H](OC(C)=O)[C@H]2[C@H](C)C[C@@H]3OC(=O)[C@@H](CN4CCCC4)[C@H]3[C@H](O)[C@@]21C. The quantitative estimate of drug-likeness (QED) is 0.522. The molecule has 0 unspecified atom stereocenters. The van der Waals surface area contributed by atoms with Crippen molar-refractivity contribution in [1.29, 1.82) is 0 Å². The summed E-state index contributed by atoms with van der Waals surface area (Å²) in [5.74, 6) is -2.03. The first-order valence-electron chi connectivity index (χ1n) is 11.6. The molecule has 4 aliphatic rings. The Morgan fingerprint density at radius 3 is 2.42 bits per heavy atom. The fourth-order valence-electron chi connectivity index (χ4n) is 7.03. The summed E-state index contributed by atoms with van der Waals surface area (Å²) in [5.41, 5.74) is -0.845. The number of aliphatic hydroxyl groups is 1. The van der Waals surface area contributed by atoms with Gasteiger partial charge in [0.15, 0.2) is 0 Å². The molecule has 8 heteroatoms. The molecule has 31 heavy (non-hydrogen) atoms. The molecule has 0 spiro atoms. The van der Waals surface area contributed by atoms with Crippen LogP contribution in [0.25, 0.3) is 0 Å². The van der Waals surface area contributed by atoms with E-state index in [0.29, 0.717) is 19.4 Å². The van der Waals surface area contributed by atoms with Crippen molar-refractivity contribution < 1.29 is 33.7 Å². The second kappa shape index (κ2) is 8.35. The van der Waals surface area contributed by atoms with Gasteiger partial charge in [0.2, 0.25) is 0 Å². The summed E-state index contributed by atoms with van der Waals surface area (Å²) in [4.78, 5) is 38.8. The number of nitrogens with zero attached hydrogens (tertiary/aromatic N) is 1. The molecular weight excluding hydrogens is 402 g/mol. The number of hydrogen-bond acceptors (Lipinski definition) is 8. The molecule has 0 aromatic carbocycles. The first kappa shape index (κ1) is 22.5. The fraction of sp³-hybridized carbons (Fsp3) is 0.870. The Hall–Kier alpha value is -1.67. The highest BCUT2D eigenvalue weighted by Gasteiger charge is 2.67. The third kappa shape index (κ3) is 3.86. The lowest BCUT2D eigenvalue weighted by Crippen LogP contribution is -2.52. The summed E-state index contributed by atoms with van der Waals surface area (Å²) in [6.45, 7) is 9.19. The van der Waals surface area contributed by atoms with Gasteiger partial charge in [-0.05, 0) is 38.3 Å². The normalized spacial score (nSPS) is 44.9. The summed E-state index contributed by atoms with van der Waals surface area (Å²) >= 11 is 0. The molecule has 2 saturated carbocycles. The molecule has 0 bridgehead atoms. The minimum absolute atomic E-state index is 0.0119. The van der Waals surface area contributed by atoms with E-state index in [0.717, 1.165) is 25.9 Å². The maximum atomic E-state index is 12.8. The molecule has 1 N–H and O–H groups in total. The van der Waals surface area contributed by atoms with E-state index in [9.17, 15) is 19.5 Å². The Morgan fingerprint density at radius 1 is 1.16 bits per heavy atom. The van der Waals surface area contributed by atoms with Crippen molar-refractivity contribution in [2.24, 2.45) is 29.1 Å². The lowest BCUT2D eigenvalue weighted by molar-refractivity contribution is -0.165. The minimum atomic E-state index is -0.920. The van der Waals surface area contributed by atoms with Crippen LogP contribution in [0.1, 0.15) is 53.4 Å². The van der Waals surface area contributed by atoms with Gasteiger partial charge in [0.25, 0.3) is 0 Å². The van der Waals surface area contributed by atoms with E-state index in [1.54, 1.807) is 0 Å². The van der Waals surface area contributed by atoms with Crippen LogP contribution in [0, 0.1) is 29.1 Å². The number of likely N-dealkylation sites (tertiary alicyclic amines) is 1. The van der Waals surface area contributed by atoms with E-state index >= 15 is 0 Å². The molecule has 0 aromatic rings. The standard InChI is InChI=1S/C23H35NO7/c1-12-9-16-19(15(22(28)31-16)11-24-7-5-6-8-24)21(27)23(4)18(30-14(3)26)10-17(20(12)23)29-13(2)25/h12,15-21,27H,5-11H2,1-4H3/t12-,15+,16+,17-,18+,19-,20-,21+,23-/m1/s1. The van der Waals surface area contributed by atoms with Gasteiger partial charge in [-0.2, -0.15) is 0 Å². The highest BCUT2D eigenvalue weighted by Crippen LogP contribution is 2.58. The van der Waals surface area contributed by atoms with Crippen LogP contribution < -0.4 is 0 Å². The predicted molar refractivity (Wildman–Crippen MR) is 110 cm³/mol. The maximum absolute atomic E-state index is 12.8. The molecule has 4 fully saturated rings. The van der Waals surface area contributed by atoms with Crippen molar-refractivity contribution in [2.75, 3.05) is 19.6 Å². The van der Waals surface area contributed by atoms with Gasteiger partial charge in [-0.3, -0.25) is 14.4 Å². The second-order valence-electron chi connectivity index (χ2n) is 10.2. The number of rotatable bonds is 4. The summed E-state index contributed by atoms with van der Waals surface area (Å²) in [5, 5.41) is 11.8. The fourth-order valence-corrected chi connectivity index (χ4v) is 7.03. The van der Waals surface area contributed by atoms with E-state index in [-0.39, 0.29) is 35.8 Å². The molecule has 0 amide bonds. The van der Waals surface area contributed by atoms with Crippen LogP contribution >= 0.6 is 0 Å². The lowest BCUT2D eigenvalue weighted by atomic mass is 9.66. The third-order valence-electron chi connectivity index (χ3n) is 8.22. The van der Waals surface area contributed by atoms with E-state index in [1.807, 2.05) is 13.8 Å². The Balaban J connectivity index is 1.69. The van der Waals surface area contributed by atoms with Gasteiger partial charge >= 0.3 is 17.9 Å². The first-order valence-corrected chi connectivity index (χ1v) is 11.6. The van der Waals surface area contributed by atoms with Gasteiger partial charge in [-0.15, -0.1) is 0 Å². The number of fused-ring (bicyclic) bond motifs is 2. The monoisotopic (exact) mass is 437 g/mol. The van der Waals surface area contributed by atoms with Crippen molar-refractivity contribution in [3.05, 3.63) is 0 Å². The van der Waals surface area contributed by atoms with Crippen LogP contribution in [0.2, 0.25) is 0 Å². The van der Waals surface area contributed by atoms with Crippen LogP contribution in [0.15, 0.2) is 0 Å². The number of carbonyl (C=O) groups is 3. The Bertz CT molecular complexity index is 735. The maximum Gasteiger partial charge on any atom is 0.311 e. The summed E-state index contributed by atoms with van der Waals surface area (Å²) in [6.07, 6.45) is 0.822. The van der Waals surface area contributed by atoms with Gasteiger partial charge in [0.05, 0.1) is 12.0 Å². The van der Waals surface area contributed by atoms with Crippen molar-refractivity contribution in [3.63, 3.8) is 0 Å². The topological polar surface area (TPSA) is 102 Å². The number of hydrogen-bond donors (Lipinski definition) is 1. The zero-order chi connectivity index (χ0) is 22.5. The molecule has 0 radical (unpaired) electrons. The predicted octanol–water partition coefficient (Wildman–Crippen LogP) is 1.53. The van der Waals surface area contributed by atoms with Crippen LogP contribution in [0.3, 0.4) is 0 Å². The molecule has 2 saturated heterocycles. The molecule has 174 valence electrons. The number of aliphatic hydroxyl groups excluding tert-OH is 1. The van der Waals surface area contributed by atoms with Crippen molar-refractivity contribution in [1.82, 2.24) is 4.90 Å². The Labute approximate surface area is 183 Å².